The first-order valence-corrected chi connectivity index (χ1v) is 9.10. The lowest BCUT2D eigenvalue weighted by Crippen LogP contribution is -2.60. The molecule has 0 spiro atoms. The molecule has 2 aliphatic heterocycles. The van der Waals surface area contributed by atoms with Crippen LogP contribution in [0.5, 0.6) is 0 Å². The first-order valence-electron chi connectivity index (χ1n) is 8.22. The molecule has 2 aliphatic rings. The van der Waals surface area contributed by atoms with Crippen LogP contribution in [-0.4, -0.2) is 51.8 Å². The number of rotatable bonds is 3. The highest BCUT2D eigenvalue weighted by Gasteiger charge is 2.42. The molecule has 3 atom stereocenters. The smallest absolute Gasteiger partial charge is 0.274 e. The maximum atomic E-state index is 12.8. The highest BCUT2D eigenvalue weighted by Crippen LogP contribution is 2.28. The van der Waals surface area contributed by atoms with Gasteiger partial charge < -0.3 is 15.5 Å². The number of carbonyl (C=O) groups is 2. The summed E-state index contributed by atoms with van der Waals surface area (Å²) in [5.74, 6) is 0.170. The van der Waals surface area contributed by atoms with Crippen molar-refractivity contribution in [1.82, 2.24) is 14.8 Å². The van der Waals surface area contributed by atoms with E-state index >= 15 is 0 Å². The lowest BCUT2D eigenvalue weighted by atomic mass is 10.1. The van der Waals surface area contributed by atoms with Crippen LogP contribution in [0.1, 0.15) is 55.2 Å². The molecule has 6 nitrogen and oxygen atoms in total. The average molecular weight is 336 g/mol. The average Bonchev–Trinajstić information content (AvgIpc) is 3.18. The highest BCUT2D eigenvalue weighted by atomic mass is 32.1. The Morgan fingerprint density at radius 2 is 2.22 bits per heavy atom. The van der Waals surface area contributed by atoms with Gasteiger partial charge in [0.2, 0.25) is 5.91 Å². The van der Waals surface area contributed by atoms with Gasteiger partial charge in [-0.25, -0.2) is 4.98 Å². The molecule has 1 aromatic heterocycles. The topological polar surface area (TPSA) is 79.5 Å². The molecule has 3 rings (SSSR count). The number of thiazole rings is 1. The van der Waals surface area contributed by atoms with Crippen LogP contribution in [0.2, 0.25) is 0 Å². The summed E-state index contributed by atoms with van der Waals surface area (Å²) < 4.78 is 0. The molecule has 0 radical (unpaired) electrons. The number of aromatic nitrogens is 1. The van der Waals surface area contributed by atoms with Gasteiger partial charge in [0.25, 0.3) is 5.91 Å². The Balaban J connectivity index is 1.78. The van der Waals surface area contributed by atoms with Crippen LogP contribution in [0, 0.1) is 5.92 Å². The molecule has 23 heavy (non-hydrogen) atoms. The fourth-order valence-corrected chi connectivity index (χ4v) is 4.27. The van der Waals surface area contributed by atoms with Crippen LogP contribution >= 0.6 is 11.3 Å². The third kappa shape index (κ3) is 2.87. The van der Waals surface area contributed by atoms with Crippen molar-refractivity contribution >= 4 is 23.2 Å². The highest BCUT2D eigenvalue weighted by molar-refractivity contribution is 7.09. The lowest BCUT2D eigenvalue weighted by molar-refractivity contribution is -0.141. The van der Waals surface area contributed by atoms with Gasteiger partial charge in [-0.05, 0) is 25.7 Å². The van der Waals surface area contributed by atoms with E-state index in [1.807, 2.05) is 25.7 Å². The first kappa shape index (κ1) is 16.4. The van der Waals surface area contributed by atoms with Crippen molar-refractivity contribution < 1.29 is 9.59 Å². The summed E-state index contributed by atoms with van der Waals surface area (Å²) in [6.07, 6.45) is 2.00. The Labute approximate surface area is 140 Å². The Bertz CT molecular complexity index is 615. The second-order valence-corrected chi connectivity index (χ2v) is 7.69. The second kappa shape index (κ2) is 6.20. The Kier molecular flexibility index (Phi) is 4.42. The van der Waals surface area contributed by atoms with E-state index < -0.39 is 6.04 Å². The quantitative estimate of drug-likeness (QED) is 0.910. The van der Waals surface area contributed by atoms with Crippen molar-refractivity contribution in [2.45, 2.75) is 51.7 Å². The van der Waals surface area contributed by atoms with Gasteiger partial charge >= 0.3 is 0 Å². The zero-order valence-corrected chi connectivity index (χ0v) is 14.7. The maximum Gasteiger partial charge on any atom is 0.274 e. The number of hydrogen-bond acceptors (Lipinski definition) is 5. The van der Waals surface area contributed by atoms with E-state index in [0.29, 0.717) is 12.2 Å². The number of fused-ring (bicyclic) bond motifs is 1. The largest absolute Gasteiger partial charge is 0.336 e. The Morgan fingerprint density at radius 3 is 2.91 bits per heavy atom. The van der Waals surface area contributed by atoms with Crippen molar-refractivity contribution in [3.8, 4) is 0 Å². The minimum atomic E-state index is -0.416. The van der Waals surface area contributed by atoms with Gasteiger partial charge in [0.1, 0.15) is 16.7 Å². The predicted octanol–water partition coefficient (Wildman–Crippen LogP) is 1.63. The first-order chi connectivity index (χ1) is 10.9. The van der Waals surface area contributed by atoms with Gasteiger partial charge in [-0.3, -0.25) is 9.59 Å². The fourth-order valence-electron chi connectivity index (χ4n) is 3.30. The number of hydrogen-bond donors (Lipinski definition) is 1. The third-order valence-electron chi connectivity index (χ3n) is 4.90. The number of carbonyl (C=O) groups excluding carboxylic acids is 2. The fraction of sp³-hybridized carbons (Fsp3) is 0.688. The monoisotopic (exact) mass is 336 g/mol. The molecule has 3 heterocycles. The van der Waals surface area contributed by atoms with E-state index in [2.05, 4.69) is 4.98 Å². The van der Waals surface area contributed by atoms with E-state index in [-0.39, 0.29) is 29.8 Å². The summed E-state index contributed by atoms with van der Waals surface area (Å²) in [6, 6.07) is -0.410. The second-order valence-electron chi connectivity index (χ2n) is 6.80. The molecule has 1 aromatic rings. The summed E-state index contributed by atoms with van der Waals surface area (Å²) in [5, 5.41) is 2.54. The molecule has 0 aliphatic carbocycles. The van der Waals surface area contributed by atoms with Gasteiger partial charge in [0.05, 0.1) is 6.04 Å². The summed E-state index contributed by atoms with van der Waals surface area (Å²) in [5.41, 5.74) is 6.52. The summed E-state index contributed by atoms with van der Waals surface area (Å²) in [7, 11) is 0. The van der Waals surface area contributed by atoms with Crippen LogP contribution in [0.15, 0.2) is 5.38 Å². The Morgan fingerprint density at radius 1 is 1.48 bits per heavy atom. The van der Waals surface area contributed by atoms with Crippen LogP contribution < -0.4 is 5.73 Å². The van der Waals surface area contributed by atoms with Gasteiger partial charge in [0.15, 0.2) is 0 Å². The minimum Gasteiger partial charge on any atom is -0.336 e. The Hall–Kier alpha value is -1.47. The van der Waals surface area contributed by atoms with Crippen LogP contribution in [0.4, 0.5) is 0 Å². The molecule has 2 amide bonds. The van der Waals surface area contributed by atoms with Crippen LogP contribution in [0.25, 0.3) is 0 Å². The molecule has 2 fully saturated rings. The van der Waals surface area contributed by atoms with E-state index in [0.717, 1.165) is 24.4 Å². The van der Waals surface area contributed by atoms with Crippen LogP contribution in [-0.2, 0) is 4.79 Å². The molecule has 0 aromatic carbocycles. The normalized spacial score (nSPS) is 25.9. The van der Waals surface area contributed by atoms with Crippen molar-refractivity contribution in [3.05, 3.63) is 16.1 Å². The van der Waals surface area contributed by atoms with E-state index in [4.69, 9.17) is 5.73 Å². The molecule has 0 bridgehead atoms. The van der Waals surface area contributed by atoms with Crippen LogP contribution in [0.3, 0.4) is 0 Å². The number of amides is 2. The molecule has 2 saturated heterocycles. The minimum absolute atomic E-state index is 0.0569. The molecule has 0 unspecified atom stereocenters. The molecule has 7 heteroatoms. The zero-order chi connectivity index (χ0) is 16.7. The van der Waals surface area contributed by atoms with Crippen molar-refractivity contribution in [3.63, 3.8) is 0 Å². The van der Waals surface area contributed by atoms with Gasteiger partial charge in [0, 0.05) is 24.5 Å². The molecule has 2 N–H and O–H groups in total. The molecule has 0 saturated carbocycles. The third-order valence-corrected chi connectivity index (χ3v) is 5.84. The predicted molar refractivity (Wildman–Crippen MR) is 89.1 cm³/mol. The molecular formula is C16H24N4O2S. The number of nitrogens with two attached hydrogens (primary N) is 1. The van der Waals surface area contributed by atoms with Crippen molar-refractivity contribution in [2.24, 2.45) is 11.7 Å². The van der Waals surface area contributed by atoms with E-state index in [1.54, 1.807) is 10.3 Å². The van der Waals surface area contributed by atoms with Gasteiger partial charge in [-0.15, -0.1) is 11.3 Å². The molecular weight excluding hydrogens is 312 g/mol. The van der Waals surface area contributed by atoms with Crippen molar-refractivity contribution in [2.75, 3.05) is 13.1 Å². The number of piperazine rings is 1. The summed E-state index contributed by atoms with van der Waals surface area (Å²) >= 11 is 1.42. The van der Waals surface area contributed by atoms with E-state index in [9.17, 15) is 9.59 Å². The van der Waals surface area contributed by atoms with Gasteiger partial charge in [-0.1, -0.05) is 13.8 Å². The summed E-state index contributed by atoms with van der Waals surface area (Å²) in [6.45, 7) is 7.30. The SMILES string of the molecule is CC(C)[C@H](N)c1nc(C(=O)N2C[C@H]3CCCN3C(=O)[C@@H]2C)cs1. The standard InChI is InChI=1S/C16H24N4O2S/c1-9(2)13(17)14-18-12(8-23-14)16(22)20-7-11-5-4-6-19(11)15(21)10(20)3/h8-11,13H,4-7,17H2,1-3H3/t10-,11+,13-/m0/s1. The molecule has 126 valence electrons. The van der Waals surface area contributed by atoms with Crippen molar-refractivity contribution in [1.29, 1.82) is 0 Å². The lowest BCUT2D eigenvalue weighted by Gasteiger charge is -2.41. The van der Waals surface area contributed by atoms with E-state index in [1.165, 1.54) is 11.3 Å². The number of nitrogens with zero attached hydrogens (tertiary/aromatic N) is 3. The zero-order valence-electron chi connectivity index (χ0n) is 13.9. The summed E-state index contributed by atoms with van der Waals surface area (Å²) in [4.78, 5) is 33.3. The van der Waals surface area contributed by atoms with Gasteiger partial charge in [-0.2, -0.15) is 0 Å². The maximum absolute atomic E-state index is 12.8.